The van der Waals surface area contributed by atoms with Crippen molar-refractivity contribution in [2.75, 3.05) is 6.54 Å². The number of aryl methyl sites for hydroxylation is 2. The van der Waals surface area contributed by atoms with E-state index in [4.69, 9.17) is 0 Å². The molecule has 0 unspecified atom stereocenters. The molecule has 0 spiro atoms. The summed E-state index contributed by atoms with van der Waals surface area (Å²) in [5.74, 6) is 0.0443. The fraction of sp³-hybridized carbons (Fsp3) is 0.364. The van der Waals surface area contributed by atoms with Crippen LogP contribution in [0.2, 0.25) is 0 Å². The number of amides is 2. The van der Waals surface area contributed by atoms with Crippen LogP contribution in [0.15, 0.2) is 48.5 Å². The van der Waals surface area contributed by atoms with E-state index >= 15 is 0 Å². The normalized spacial score (nSPS) is 19.9. The molecule has 136 valence electrons. The van der Waals surface area contributed by atoms with Crippen molar-refractivity contribution in [3.05, 3.63) is 70.8 Å². The molecule has 1 heterocycles. The number of nitrogens with zero attached hydrogens (tertiary/aromatic N) is 1. The van der Waals surface area contributed by atoms with Gasteiger partial charge >= 0.3 is 0 Å². The first-order valence-electron chi connectivity index (χ1n) is 9.15. The minimum atomic E-state index is -0.0323. The van der Waals surface area contributed by atoms with Gasteiger partial charge in [0, 0.05) is 25.1 Å². The zero-order valence-corrected chi connectivity index (χ0v) is 15.7. The van der Waals surface area contributed by atoms with Crippen LogP contribution in [-0.2, 0) is 4.79 Å². The molecule has 1 aliphatic heterocycles. The highest BCUT2D eigenvalue weighted by molar-refractivity contribution is 5.95. The quantitative estimate of drug-likeness (QED) is 0.916. The van der Waals surface area contributed by atoms with Crippen LogP contribution in [0, 0.1) is 13.8 Å². The second-order valence-electron chi connectivity index (χ2n) is 7.22. The van der Waals surface area contributed by atoms with Crippen LogP contribution in [-0.4, -0.2) is 29.3 Å². The molecule has 3 rings (SSSR count). The number of hydrogen-bond donors (Lipinski definition) is 1. The highest BCUT2D eigenvalue weighted by atomic mass is 16.2. The van der Waals surface area contributed by atoms with Gasteiger partial charge < -0.3 is 10.2 Å². The highest BCUT2D eigenvalue weighted by Crippen LogP contribution is 2.32. The number of hydrogen-bond acceptors (Lipinski definition) is 2. The average Bonchev–Trinajstić information content (AvgIpc) is 2.60. The van der Waals surface area contributed by atoms with Gasteiger partial charge in [-0.3, -0.25) is 9.59 Å². The van der Waals surface area contributed by atoms with Crippen molar-refractivity contribution in [2.24, 2.45) is 0 Å². The summed E-state index contributed by atoms with van der Waals surface area (Å²) in [5, 5.41) is 3.02. The summed E-state index contributed by atoms with van der Waals surface area (Å²) < 4.78 is 0. The third-order valence-electron chi connectivity index (χ3n) is 4.92. The van der Waals surface area contributed by atoms with Gasteiger partial charge in [-0.2, -0.15) is 0 Å². The second kappa shape index (κ2) is 7.73. The maximum atomic E-state index is 13.3. The number of carbonyl (C=O) groups is 2. The molecule has 1 N–H and O–H groups in total. The number of piperidine rings is 1. The topological polar surface area (TPSA) is 49.4 Å². The zero-order chi connectivity index (χ0) is 18.7. The van der Waals surface area contributed by atoms with E-state index < -0.39 is 0 Å². The summed E-state index contributed by atoms with van der Waals surface area (Å²) in [6, 6.07) is 16.1. The molecular weight excluding hydrogens is 324 g/mol. The fourth-order valence-electron chi connectivity index (χ4n) is 3.88. The first kappa shape index (κ1) is 18.2. The summed E-state index contributed by atoms with van der Waals surface area (Å²) >= 11 is 0. The molecule has 2 aromatic carbocycles. The van der Waals surface area contributed by atoms with Crippen LogP contribution in [0.25, 0.3) is 0 Å². The lowest BCUT2D eigenvalue weighted by molar-refractivity contribution is -0.120. The van der Waals surface area contributed by atoms with Crippen molar-refractivity contribution >= 4 is 11.8 Å². The molecule has 2 aromatic rings. The Labute approximate surface area is 155 Å². The molecule has 4 nitrogen and oxygen atoms in total. The van der Waals surface area contributed by atoms with Crippen LogP contribution in [0.3, 0.4) is 0 Å². The minimum absolute atomic E-state index is 0.0177. The molecule has 0 radical (unpaired) electrons. The third-order valence-corrected chi connectivity index (χ3v) is 4.92. The van der Waals surface area contributed by atoms with Crippen LogP contribution in [0.4, 0.5) is 0 Å². The molecule has 0 aromatic heterocycles. The van der Waals surface area contributed by atoms with Crippen LogP contribution in [0.5, 0.6) is 0 Å². The molecule has 4 heteroatoms. The number of benzene rings is 2. The number of rotatable bonds is 3. The van der Waals surface area contributed by atoms with Gasteiger partial charge in [0.05, 0.1) is 6.04 Å². The second-order valence-corrected chi connectivity index (χ2v) is 7.22. The van der Waals surface area contributed by atoms with Crippen molar-refractivity contribution in [3.63, 3.8) is 0 Å². The standard InChI is InChI=1S/C22H26N2O2/c1-15-11-16(2)13-19(12-15)22(26)24-10-9-20(23-17(3)25)14-21(24)18-7-5-4-6-8-18/h4-8,11-13,20-21H,9-10,14H2,1-3H3,(H,23,25)/t20-,21+/m0/s1. The van der Waals surface area contributed by atoms with Crippen molar-refractivity contribution < 1.29 is 9.59 Å². The minimum Gasteiger partial charge on any atom is -0.353 e. The molecule has 1 aliphatic rings. The lowest BCUT2D eigenvalue weighted by Crippen LogP contribution is -2.47. The average molecular weight is 350 g/mol. The predicted molar refractivity (Wildman–Crippen MR) is 103 cm³/mol. The monoisotopic (exact) mass is 350 g/mol. The Kier molecular flexibility index (Phi) is 5.40. The summed E-state index contributed by atoms with van der Waals surface area (Å²) in [5.41, 5.74) is 4.04. The van der Waals surface area contributed by atoms with E-state index in [0.717, 1.165) is 35.1 Å². The summed E-state index contributed by atoms with van der Waals surface area (Å²) in [7, 11) is 0. The van der Waals surface area contributed by atoms with Crippen molar-refractivity contribution in [2.45, 2.75) is 45.7 Å². The molecule has 1 fully saturated rings. The van der Waals surface area contributed by atoms with Gasteiger partial charge in [-0.15, -0.1) is 0 Å². The molecule has 0 bridgehead atoms. The van der Waals surface area contributed by atoms with Gasteiger partial charge in [0.25, 0.3) is 5.91 Å². The molecule has 1 saturated heterocycles. The van der Waals surface area contributed by atoms with E-state index in [1.807, 2.05) is 49.1 Å². The summed E-state index contributed by atoms with van der Waals surface area (Å²) in [6.45, 7) is 6.21. The zero-order valence-electron chi connectivity index (χ0n) is 15.7. The Morgan fingerprint density at radius 1 is 1.04 bits per heavy atom. The third kappa shape index (κ3) is 4.13. The Bertz CT molecular complexity index is 781. The molecular formula is C22H26N2O2. The van der Waals surface area contributed by atoms with Gasteiger partial charge in [-0.05, 0) is 44.4 Å². The van der Waals surface area contributed by atoms with Gasteiger partial charge in [0.15, 0.2) is 0 Å². The molecule has 2 amide bonds. The Balaban J connectivity index is 1.90. The number of likely N-dealkylation sites (tertiary alicyclic amines) is 1. The lowest BCUT2D eigenvalue weighted by atomic mass is 9.90. The molecule has 26 heavy (non-hydrogen) atoms. The SMILES string of the molecule is CC(=O)N[C@H]1CCN(C(=O)c2cc(C)cc(C)c2)[C@@H](c2ccccc2)C1. The van der Waals surface area contributed by atoms with Gasteiger partial charge in [-0.25, -0.2) is 0 Å². The maximum absolute atomic E-state index is 13.3. The Morgan fingerprint density at radius 3 is 2.31 bits per heavy atom. The van der Waals surface area contributed by atoms with E-state index in [1.54, 1.807) is 6.92 Å². The predicted octanol–water partition coefficient (Wildman–Crippen LogP) is 3.79. The maximum Gasteiger partial charge on any atom is 0.254 e. The Hall–Kier alpha value is -2.62. The van der Waals surface area contributed by atoms with Gasteiger partial charge in [0.2, 0.25) is 5.91 Å². The highest BCUT2D eigenvalue weighted by Gasteiger charge is 2.33. The largest absolute Gasteiger partial charge is 0.353 e. The van der Waals surface area contributed by atoms with Crippen molar-refractivity contribution in [1.82, 2.24) is 10.2 Å². The van der Waals surface area contributed by atoms with Crippen LogP contribution < -0.4 is 5.32 Å². The number of carbonyl (C=O) groups excluding carboxylic acids is 2. The van der Waals surface area contributed by atoms with E-state index in [2.05, 4.69) is 23.5 Å². The fourth-order valence-corrected chi connectivity index (χ4v) is 3.88. The van der Waals surface area contributed by atoms with Gasteiger partial charge in [-0.1, -0.05) is 47.5 Å². The van der Waals surface area contributed by atoms with Crippen LogP contribution in [0.1, 0.15) is 52.9 Å². The van der Waals surface area contributed by atoms with Gasteiger partial charge in [0.1, 0.15) is 0 Å². The van der Waals surface area contributed by atoms with E-state index in [-0.39, 0.29) is 23.9 Å². The van der Waals surface area contributed by atoms with Crippen molar-refractivity contribution in [1.29, 1.82) is 0 Å². The summed E-state index contributed by atoms with van der Waals surface area (Å²) in [4.78, 5) is 26.7. The number of nitrogens with one attached hydrogen (secondary N) is 1. The van der Waals surface area contributed by atoms with E-state index in [1.165, 1.54) is 0 Å². The summed E-state index contributed by atoms with van der Waals surface area (Å²) in [6.07, 6.45) is 1.51. The molecule has 0 saturated carbocycles. The van der Waals surface area contributed by atoms with Crippen molar-refractivity contribution in [3.8, 4) is 0 Å². The van der Waals surface area contributed by atoms with E-state index in [9.17, 15) is 9.59 Å². The van der Waals surface area contributed by atoms with E-state index in [0.29, 0.717) is 6.54 Å². The Morgan fingerprint density at radius 2 is 1.69 bits per heavy atom. The molecule has 0 aliphatic carbocycles. The van der Waals surface area contributed by atoms with Crippen LogP contribution >= 0.6 is 0 Å². The molecule has 2 atom stereocenters. The first-order valence-corrected chi connectivity index (χ1v) is 9.15. The lowest BCUT2D eigenvalue weighted by Gasteiger charge is -2.40. The first-order chi connectivity index (χ1) is 12.4. The smallest absolute Gasteiger partial charge is 0.254 e.